The SMILES string of the molecule is CCn1c(SCCn2c(=O)oc3ccccc32)nnc1-c1ccncc1. The lowest BCUT2D eigenvalue weighted by Gasteiger charge is -2.07. The van der Waals surface area contributed by atoms with Crippen LogP contribution in [0.5, 0.6) is 0 Å². The fourth-order valence-electron chi connectivity index (χ4n) is 2.85. The third kappa shape index (κ3) is 3.03. The van der Waals surface area contributed by atoms with Crippen molar-refractivity contribution < 1.29 is 4.42 Å². The van der Waals surface area contributed by atoms with Gasteiger partial charge in [0.1, 0.15) is 0 Å². The highest BCUT2D eigenvalue weighted by Gasteiger charge is 2.14. The van der Waals surface area contributed by atoms with Crippen LogP contribution in [-0.2, 0) is 13.1 Å². The van der Waals surface area contributed by atoms with E-state index in [1.165, 1.54) is 0 Å². The second-order valence-electron chi connectivity index (χ2n) is 5.62. The predicted molar refractivity (Wildman–Crippen MR) is 100 cm³/mol. The molecule has 0 aliphatic carbocycles. The van der Waals surface area contributed by atoms with E-state index < -0.39 is 0 Å². The summed E-state index contributed by atoms with van der Waals surface area (Å²) in [4.78, 5) is 16.1. The Bertz CT molecular complexity index is 1080. The largest absolute Gasteiger partial charge is 0.419 e. The summed E-state index contributed by atoms with van der Waals surface area (Å²) in [5.74, 6) is 1.18. The van der Waals surface area contributed by atoms with Crippen molar-refractivity contribution in [1.29, 1.82) is 0 Å². The first-order valence-corrected chi connectivity index (χ1v) is 9.31. The summed E-state index contributed by atoms with van der Waals surface area (Å²) >= 11 is 1.57. The molecule has 0 amide bonds. The summed E-state index contributed by atoms with van der Waals surface area (Å²) in [5, 5.41) is 9.46. The van der Waals surface area contributed by atoms with Crippen LogP contribution in [0.1, 0.15) is 6.92 Å². The number of hydrogen-bond donors (Lipinski definition) is 0. The third-order valence-electron chi connectivity index (χ3n) is 4.09. The molecule has 0 saturated carbocycles. The molecular weight excluding hydrogens is 350 g/mol. The lowest BCUT2D eigenvalue weighted by Crippen LogP contribution is -2.15. The van der Waals surface area contributed by atoms with Gasteiger partial charge in [0.05, 0.1) is 5.52 Å². The van der Waals surface area contributed by atoms with Crippen LogP contribution in [0, 0.1) is 0 Å². The van der Waals surface area contributed by atoms with Gasteiger partial charge in [-0.25, -0.2) is 4.79 Å². The van der Waals surface area contributed by atoms with Crippen molar-refractivity contribution in [3.63, 3.8) is 0 Å². The van der Waals surface area contributed by atoms with Gasteiger partial charge in [-0.15, -0.1) is 10.2 Å². The Kier molecular flexibility index (Phi) is 4.57. The molecule has 4 rings (SSSR count). The van der Waals surface area contributed by atoms with E-state index >= 15 is 0 Å². The third-order valence-corrected chi connectivity index (χ3v) is 5.04. The number of para-hydroxylation sites is 2. The van der Waals surface area contributed by atoms with Gasteiger partial charge in [0, 0.05) is 36.8 Å². The van der Waals surface area contributed by atoms with Gasteiger partial charge in [-0.05, 0) is 31.2 Å². The van der Waals surface area contributed by atoms with Crippen LogP contribution < -0.4 is 5.76 Å². The van der Waals surface area contributed by atoms with Crippen LogP contribution in [0.4, 0.5) is 0 Å². The monoisotopic (exact) mass is 367 g/mol. The Labute approximate surface area is 153 Å². The minimum Gasteiger partial charge on any atom is -0.408 e. The zero-order chi connectivity index (χ0) is 17.9. The van der Waals surface area contributed by atoms with Crippen LogP contribution in [0.25, 0.3) is 22.5 Å². The minimum absolute atomic E-state index is 0.332. The Morgan fingerprint density at radius 1 is 1.08 bits per heavy atom. The Morgan fingerprint density at radius 2 is 1.88 bits per heavy atom. The number of thioether (sulfide) groups is 1. The highest BCUT2D eigenvalue weighted by molar-refractivity contribution is 7.99. The maximum absolute atomic E-state index is 12.0. The minimum atomic E-state index is -0.332. The van der Waals surface area contributed by atoms with E-state index in [9.17, 15) is 4.79 Å². The zero-order valence-corrected chi connectivity index (χ0v) is 15.0. The molecule has 1 aromatic carbocycles. The summed E-state index contributed by atoms with van der Waals surface area (Å²) in [6, 6.07) is 11.3. The van der Waals surface area contributed by atoms with Gasteiger partial charge in [0.2, 0.25) is 0 Å². The molecule has 3 heterocycles. The predicted octanol–water partition coefficient (Wildman–Crippen LogP) is 3.06. The quantitative estimate of drug-likeness (QED) is 0.487. The molecule has 4 aromatic rings. The average Bonchev–Trinajstić information content (AvgIpc) is 3.23. The number of pyridine rings is 1. The molecule has 0 N–H and O–H groups in total. The summed E-state index contributed by atoms with van der Waals surface area (Å²) in [6.45, 7) is 3.37. The zero-order valence-electron chi connectivity index (χ0n) is 14.2. The molecular formula is C18H17N5O2S. The van der Waals surface area contributed by atoms with Crippen molar-refractivity contribution in [2.75, 3.05) is 5.75 Å². The van der Waals surface area contributed by atoms with Crippen molar-refractivity contribution in [2.45, 2.75) is 25.2 Å². The van der Waals surface area contributed by atoms with Crippen LogP contribution in [0.3, 0.4) is 0 Å². The van der Waals surface area contributed by atoms with Gasteiger partial charge in [0.15, 0.2) is 16.6 Å². The van der Waals surface area contributed by atoms with E-state index in [2.05, 4.69) is 26.7 Å². The first kappa shape index (κ1) is 16.6. The molecule has 0 radical (unpaired) electrons. The molecule has 0 unspecified atom stereocenters. The Hall–Kier alpha value is -2.87. The highest BCUT2D eigenvalue weighted by Crippen LogP contribution is 2.24. The molecule has 0 bridgehead atoms. The first-order valence-electron chi connectivity index (χ1n) is 8.32. The molecule has 8 heteroatoms. The average molecular weight is 367 g/mol. The van der Waals surface area contributed by atoms with Gasteiger partial charge < -0.3 is 8.98 Å². The summed E-state index contributed by atoms with van der Waals surface area (Å²) in [5.41, 5.74) is 2.41. The number of rotatable bonds is 6. The lowest BCUT2D eigenvalue weighted by molar-refractivity contribution is 0.514. The number of fused-ring (bicyclic) bond motifs is 1. The maximum atomic E-state index is 12.0. The second-order valence-corrected chi connectivity index (χ2v) is 6.68. The lowest BCUT2D eigenvalue weighted by atomic mass is 10.2. The Morgan fingerprint density at radius 3 is 2.69 bits per heavy atom. The van der Waals surface area contributed by atoms with Crippen molar-refractivity contribution in [2.24, 2.45) is 0 Å². The van der Waals surface area contributed by atoms with E-state index in [4.69, 9.17) is 4.42 Å². The number of oxazole rings is 1. The second kappa shape index (κ2) is 7.17. The highest BCUT2D eigenvalue weighted by atomic mass is 32.2. The van der Waals surface area contributed by atoms with Gasteiger partial charge >= 0.3 is 5.76 Å². The molecule has 0 aliphatic rings. The summed E-state index contributed by atoms with van der Waals surface area (Å²) < 4.78 is 8.98. The number of nitrogens with zero attached hydrogens (tertiary/aromatic N) is 5. The number of aromatic nitrogens is 5. The number of hydrogen-bond acceptors (Lipinski definition) is 6. The molecule has 0 aliphatic heterocycles. The van der Waals surface area contributed by atoms with Gasteiger partial charge in [-0.1, -0.05) is 23.9 Å². The van der Waals surface area contributed by atoms with Crippen molar-refractivity contribution in [1.82, 2.24) is 24.3 Å². The fourth-order valence-corrected chi connectivity index (χ4v) is 3.78. The van der Waals surface area contributed by atoms with E-state index in [0.717, 1.165) is 28.6 Å². The van der Waals surface area contributed by atoms with Crippen LogP contribution in [0.15, 0.2) is 63.2 Å². The molecule has 132 valence electrons. The van der Waals surface area contributed by atoms with Gasteiger partial charge in [0.25, 0.3) is 0 Å². The molecule has 3 aromatic heterocycles. The molecule has 0 saturated heterocycles. The number of aryl methyl sites for hydroxylation is 1. The van der Waals surface area contributed by atoms with Crippen LogP contribution in [-0.4, -0.2) is 30.1 Å². The van der Waals surface area contributed by atoms with Gasteiger partial charge in [-0.3, -0.25) is 9.55 Å². The van der Waals surface area contributed by atoms with Crippen molar-refractivity contribution in [3.05, 3.63) is 59.3 Å². The molecule has 0 atom stereocenters. The van der Waals surface area contributed by atoms with E-state index in [-0.39, 0.29) is 5.76 Å². The topological polar surface area (TPSA) is 78.7 Å². The molecule has 0 spiro atoms. The van der Waals surface area contributed by atoms with Crippen molar-refractivity contribution in [3.8, 4) is 11.4 Å². The standard InChI is InChI=1S/C18H17N5O2S/c1-2-22-16(13-7-9-19-10-8-13)20-21-17(22)26-12-11-23-14-5-3-4-6-15(14)25-18(23)24/h3-10H,2,11-12H2,1H3. The van der Waals surface area contributed by atoms with E-state index in [1.807, 2.05) is 30.3 Å². The van der Waals surface area contributed by atoms with Crippen LogP contribution >= 0.6 is 11.8 Å². The maximum Gasteiger partial charge on any atom is 0.419 e. The summed E-state index contributed by atoms with van der Waals surface area (Å²) in [6.07, 6.45) is 3.49. The molecule has 0 fully saturated rings. The van der Waals surface area contributed by atoms with Crippen molar-refractivity contribution >= 4 is 22.9 Å². The molecule has 26 heavy (non-hydrogen) atoms. The summed E-state index contributed by atoms with van der Waals surface area (Å²) in [7, 11) is 0. The molecule has 7 nitrogen and oxygen atoms in total. The van der Waals surface area contributed by atoms with E-state index in [1.54, 1.807) is 34.8 Å². The number of benzene rings is 1. The van der Waals surface area contributed by atoms with E-state index in [0.29, 0.717) is 17.9 Å². The first-order chi connectivity index (χ1) is 12.8. The van der Waals surface area contributed by atoms with Crippen LogP contribution in [0.2, 0.25) is 0 Å². The fraction of sp³-hybridized carbons (Fsp3) is 0.222. The Balaban J connectivity index is 1.53. The van der Waals surface area contributed by atoms with Gasteiger partial charge in [-0.2, -0.15) is 0 Å². The normalized spacial score (nSPS) is 11.3. The smallest absolute Gasteiger partial charge is 0.408 e.